The monoisotopic (exact) mass is 272 g/mol. The molecule has 0 aromatic carbocycles. The summed E-state index contributed by atoms with van der Waals surface area (Å²) in [5, 5.41) is 13.0. The fourth-order valence-corrected chi connectivity index (χ4v) is 2.89. The standard InChI is InChI=1S/C14H28N2O3/c1-12(2)15-9-14(3-5-19-11-14)10-16-4-6-18-8-13(16)7-17/h12-13,15,17H,3-11H2,1-2H3. The SMILES string of the molecule is CC(C)NCC1(CN2CCOCC2CO)CCOC1. The van der Waals surface area contributed by atoms with Gasteiger partial charge in [-0.1, -0.05) is 13.8 Å². The van der Waals surface area contributed by atoms with Crippen molar-refractivity contribution in [3.05, 3.63) is 0 Å². The molecule has 5 heteroatoms. The number of aliphatic hydroxyl groups excluding tert-OH is 1. The molecule has 2 unspecified atom stereocenters. The normalized spacial score (nSPS) is 33.2. The van der Waals surface area contributed by atoms with Gasteiger partial charge in [-0.15, -0.1) is 0 Å². The maximum absolute atomic E-state index is 9.47. The maximum Gasteiger partial charge on any atom is 0.0644 e. The second-order valence-corrected chi connectivity index (χ2v) is 6.22. The first-order valence-electron chi connectivity index (χ1n) is 7.39. The van der Waals surface area contributed by atoms with Crippen LogP contribution >= 0.6 is 0 Å². The van der Waals surface area contributed by atoms with Crippen molar-refractivity contribution >= 4 is 0 Å². The molecule has 0 bridgehead atoms. The summed E-state index contributed by atoms with van der Waals surface area (Å²) < 4.78 is 11.1. The number of nitrogens with one attached hydrogen (secondary N) is 1. The molecule has 0 radical (unpaired) electrons. The number of aliphatic hydroxyl groups is 1. The zero-order valence-corrected chi connectivity index (χ0v) is 12.2. The van der Waals surface area contributed by atoms with E-state index in [0.717, 1.165) is 45.9 Å². The Balaban J connectivity index is 1.94. The van der Waals surface area contributed by atoms with Crippen LogP contribution in [0.1, 0.15) is 20.3 Å². The molecule has 2 aliphatic rings. The van der Waals surface area contributed by atoms with Crippen LogP contribution in [0.15, 0.2) is 0 Å². The summed E-state index contributed by atoms with van der Waals surface area (Å²) in [6.07, 6.45) is 1.10. The van der Waals surface area contributed by atoms with Crippen LogP contribution in [0, 0.1) is 5.41 Å². The molecule has 0 aromatic rings. The van der Waals surface area contributed by atoms with Gasteiger partial charge in [0, 0.05) is 37.7 Å². The first-order chi connectivity index (χ1) is 9.15. The topological polar surface area (TPSA) is 54.0 Å². The summed E-state index contributed by atoms with van der Waals surface area (Å²) in [5.41, 5.74) is 0.190. The van der Waals surface area contributed by atoms with Crippen molar-refractivity contribution in [1.82, 2.24) is 10.2 Å². The van der Waals surface area contributed by atoms with E-state index in [1.807, 2.05) is 0 Å². The predicted octanol–water partition coefficient (Wildman–Crippen LogP) is 0.0842. The van der Waals surface area contributed by atoms with Crippen LogP contribution in [0.4, 0.5) is 0 Å². The fourth-order valence-electron chi connectivity index (χ4n) is 2.89. The summed E-state index contributed by atoms with van der Waals surface area (Å²) in [7, 11) is 0. The molecular formula is C14H28N2O3. The Morgan fingerprint density at radius 1 is 1.37 bits per heavy atom. The minimum Gasteiger partial charge on any atom is -0.395 e. The number of nitrogens with zero attached hydrogens (tertiary/aromatic N) is 1. The Morgan fingerprint density at radius 2 is 2.21 bits per heavy atom. The Labute approximate surface area is 116 Å². The lowest BCUT2D eigenvalue weighted by Crippen LogP contribution is -2.54. The van der Waals surface area contributed by atoms with Gasteiger partial charge in [-0.3, -0.25) is 4.90 Å². The molecule has 2 atom stereocenters. The third-order valence-electron chi connectivity index (χ3n) is 4.17. The molecule has 0 aliphatic carbocycles. The Hall–Kier alpha value is -0.200. The minimum absolute atomic E-state index is 0.144. The first kappa shape index (κ1) is 15.2. The van der Waals surface area contributed by atoms with Crippen molar-refractivity contribution in [1.29, 1.82) is 0 Å². The van der Waals surface area contributed by atoms with Crippen LogP contribution in [0.2, 0.25) is 0 Å². The summed E-state index contributed by atoms with van der Waals surface area (Å²) in [5.74, 6) is 0. The lowest BCUT2D eigenvalue weighted by molar-refractivity contribution is -0.0456. The highest BCUT2D eigenvalue weighted by atomic mass is 16.5. The molecule has 2 N–H and O–H groups in total. The van der Waals surface area contributed by atoms with Gasteiger partial charge in [0.25, 0.3) is 0 Å². The maximum atomic E-state index is 9.47. The highest BCUT2D eigenvalue weighted by Crippen LogP contribution is 2.30. The largest absolute Gasteiger partial charge is 0.395 e. The van der Waals surface area contributed by atoms with Gasteiger partial charge < -0.3 is 19.9 Å². The van der Waals surface area contributed by atoms with E-state index in [0.29, 0.717) is 12.6 Å². The molecule has 0 saturated carbocycles. The number of hydrogen-bond donors (Lipinski definition) is 2. The Bertz CT molecular complexity index is 267. The molecular weight excluding hydrogens is 244 g/mol. The molecule has 5 nitrogen and oxygen atoms in total. The van der Waals surface area contributed by atoms with Gasteiger partial charge in [0.2, 0.25) is 0 Å². The summed E-state index contributed by atoms with van der Waals surface area (Å²) in [4.78, 5) is 2.38. The zero-order valence-electron chi connectivity index (χ0n) is 12.2. The smallest absolute Gasteiger partial charge is 0.0644 e. The third-order valence-corrected chi connectivity index (χ3v) is 4.17. The minimum atomic E-state index is 0.144. The molecule has 2 fully saturated rings. The fraction of sp³-hybridized carbons (Fsp3) is 1.00. The van der Waals surface area contributed by atoms with E-state index in [2.05, 4.69) is 24.1 Å². The second kappa shape index (κ2) is 6.99. The van der Waals surface area contributed by atoms with Crippen LogP contribution in [0.25, 0.3) is 0 Å². The van der Waals surface area contributed by atoms with Crippen molar-refractivity contribution in [3.63, 3.8) is 0 Å². The number of rotatable bonds is 6. The zero-order chi connectivity index (χ0) is 13.7. The van der Waals surface area contributed by atoms with Crippen molar-refractivity contribution in [2.75, 3.05) is 52.7 Å². The molecule has 0 aromatic heterocycles. The molecule has 0 amide bonds. The van der Waals surface area contributed by atoms with Gasteiger partial charge in [0.05, 0.1) is 32.5 Å². The van der Waals surface area contributed by atoms with E-state index in [9.17, 15) is 5.11 Å². The quantitative estimate of drug-likeness (QED) is 0.717. The van der Waals surface area contributed by atoms with E-state index in [1.165, 1.54) is 0 Å². The lowest BCUT2D eigenvalue weighted by Gasteiger charge is -2.41. The predicted molar refractivity (Wildman–Crippen MR) is 74.3 cm³/mol. The van der Waals surface area contributed by atoms with Crippen LogP contribution < -0.4 is 5.32 Å². The third kappa shape index (κ3) is 4.13. The van der Waals surface area contributed by atoms with Crippen LogP contribution in [0.5, 0.6) is 0 Å². The van der Waals surface area contributed by atoms with E-state index >= 15 is 0 Å². The van der Waals surface area contributed by atoms with Crippen LogP contribution in [0.3, 0.4) is 0 Å². The first-order valence-corrected chi connectivity index (χ1v) is 7.39. The van der Waals surface area contributed by atoms with Crippen LogP contribution in [-0.4, -0.2) is 74.8 Å². The van der Waals surface area contributed by atoms with E-state index in [4.69, 9.17) is 9.47 Å². The van der Waals surface area contributed by atoms with Gasteiger partial charge in [-0.25, -0.2) is 0 Å². The average Bonchev–Trinajstić information content (AvgIpc) is 2.86. The van der Waals surface area contributed by atoms with Gasteiger partial charge in [-0.2, -0.15) is 0 Å². The van der Waals surface area contributed by atoms with E-state index < -0.39 is 0 Å². The van der Waals surface area contributed by atoms with Crippen molar-refractivity contribution in [2.45, 2.75) is 32.4 Å². The van der Waals surface area contributed by atoms with Gasteiger partial charge in [0.1, 0.15) is 0 Å². The number of morpholine rings is 1. The number of ether oxygens (including phenoxy) is 2. The highest BCUT2D eigenvalue weighted by Gasteiger charge is 2.38. The Morgan fingerprint density at radius 3 is 2.84 bits per heavy atom. The van der Waals surface area contributed by atoms with E-state index in [1.54, 1.807) is 0 Å². The Kier molecular flexibility index (Phi) is 5.59. The van der Waals surface area contributed by atoms with Crippen molar-refractivity contribution in [3.8, 4) is 0 Å². The van der Waals surface area contributed by atoms with Gasteiger partial charge in [-0.05, 0) is 6.42 Å². The van der Waals surface area contributed by atoms with Crippen LogP contribution in [-0.2, 0) is 9.47 Å². The molecule has 2 aliphatic heterocycles. The number of hydrogen-bond acceptors (Lipinski definition) is 5. The molecule has 19 heavy (non-hydrogen) atoms. The van der Waals surface area contributed by atoms with Crippen molar-refractivity contribution in [2.24, 2.45) is 5.41 Å². The molecule has 2 heterocycles. The van der Waals surface area contributed by atoms with Gasteiger partial charge in [0.15, 0.2) is 0 Å². The summed E-state index contributed by atoms with van der Waals surface area (Å²) in [6, 6.07) is 0.640. The average molecular weight is 272 g/mol. The van der Waals surface area contributed by atoms with Crippen molar-refractivity contribution < 1.29 is 14.6 Å². The molecule has 0 spiro atoms. The summed E-state index contributed by atoms with van der Waals surface area (Å²) in [6.45, 7) is 10.5. The highest BCUT2D eigenvalue weighted by molar-refractivity contribution is 4.91. The molecule has 112 valence electrons. The summed E-state index contributed by atoms with van der Waals surface area (Å²) >= 11 is 0. The lowest BCUT2D eigenvalue weighted by atomic mass is 9.85. The molecule has 2 saturated heterocycles. The second-order valence-electron chi connectivity index (χ2n) is 6.22. The van der Waals surface area contributed by atoms with E-state index in [-0.39, 0.29) is 18.1 Å². The molecule has 2 rings (SSSR count). The van der Waals surface area contributed by atoms with Gasteiger partial charge >= 0.3 is 0 Å².